The minimum Gasteiger partial charge on any atom is -0.352 e. The molecule has 2 aromatic rings. The van der Waals surface area contributed by atoms with Crippen LogP contribution in [-0.4, -0.2) is 47.9 Å². The van der Waals surface area contributed by atoms with E-state index in [4.69, 9.17) is 0 Å². The maximum absolute atomic E-state index is 12.7. The molecule has 158 valence electrons. The molecule has 2 heterocycles. The fourth-order valence-electron chi connectivity index (χ4n) is 4.46. The minimum absolute atomic E-state index is 0.251. The van der Waals surface area contributed by atoms with E-state index in [1.807, 2.05) is 29.3 Å². The van der Waals surface area contributed by atoms with Crippen molar-refractivity contribution >= 4 is 11.9 Å². The van der Waals surface area contributed by atoms with Crippen molar-refractivity contribution in [1.82, 2.24) is 20.5 Å². The first-order valence-electron chi connectivity index (χ1n) is 11.0. The van der Waals surface area contributed by atoms with E-state index in [1.165, 1.54) is 18.4 Å². The number of amides is 1. The quantitative estimate of drug-likeness (QED) is 0.592. The Morgan fingerprint density at radius 1 is 1.17 bits per heavy atom. The van der Waals surface area contributed by atoms with Gasteiger partial charge in [0.1, 0.15) is 0 Å². The number of pyridine rings is 1. The summed E-state index contributed by atoms with van der Waals surface area (Å²) in [5.74, 6) is 1.39. The van der Waals surface area contributed by atoms with E-state index in [0.717, 1.165) is 49.6 Å². The van der Waals surface area contributed by atoms with Crippen molar-refractivity contribution in [2.45, 2.75) is 44.7 Å². The molecule has 6 nitrogen and oxygen atoms in total. The van der Waals surface area contributed by atoms with Crippen LogP contribution in [0.1, 0.15) is 37.7 Å². The zero-order valence-corrected chi connectivity index (χ0v) is 17.7. The standard InChI is InChI=1S/C24H31N5O/c1-25-24(28-21-12-14-29(17-21)23(30)19-8-2-3-9-19)27-16-18-7-6-10-20(15-18)22-11-4-5-13-26-22/h4-7,10-11,13,15,19,21H,2-3,8-9,12,14,16-17H2,1H3,(H2,25,27,28). The number of benzene rings is 1. The Balaban J connectivity index is 1.29. The van der Waals surface area contributed by atoms with E-state index in [2.05, 4.69) is 44.9 Å². The molecule has 0 spiro atoms. The van der Waals surface area contributed by atoms with Gasteiger partial charge in [-0.3, -0.25) is 14.8 Å². The van der Waals surface area contributed by atoms with Gasteiger partial charge in [-0.2, -0.15) is 0 Å². The van der Waals surface area contributed by atoms with Crippen LogP contribution in [-0.2, 0) is 11.3 Å². The van der Waals surface area contributed by atoms with Gasteiger partial charge in [0.15, 0.2) is 5.96 Å². The highest BCUT2D eigenvalue weighted by molar-refractivity contribution is 5.81. The lowest BCUT2D eigenvalue weighted by atomic mass is 10.1. The summed E-state index contributed by atoms with van der Waals surface area (Å²) in [5, 5.41) is 6.90. The maximum atomic E-state index is 12.7. The monoisotopic (exact) mass is 405 g/mol. The molecular weight excluding hydrogens is 374 g/mol. The molecule has 2 aliphatic rings. The van der Waals surface area contributed by atoms with Crippen LogP contribution in [0.4, 0.5) is 0 Å². The number of aromatic nitrogens is 1. The van der Waals surface area contributed by atoms with Crippen molar-refractivity contribution in [3.05, 3.63) is 54.2 Å². The highest BCUT2D eigenvalue weighted by Gasteiger charge is 2.32. The van der Waals surface area contributed by atoms with E-state index in [-0.39, 0.29) is 12.0 Å². The second-order valence-electron chi connectivity index (χ2n) is 8.24. The van der Waals surface area contributed by atoms with Gasteiger partial charge >= 0.3 is 0 Å². The van der Waals surface area contributed by atoms with E-state index >= 15 is 0 Å². The first kappa shape index (κ1) is 20.4. The van der Waals surface area contributed by atoms with Crippen LogP contribution in [0.3, 0.4) is 0 Å². The molecule has 6 heteroatoms. The van der Waals surface area contributed by atoms with Crippen LogP contribution in [0.25, 0.3) is 11.3 Å². The fourth-order valence-corrected chi connectivity index (χ4v) is 4.46. The molecule has 1 saturated carbocycles. The summed E-state index contributed by atoms with van der Waals surface area (Å²) in [6, 6.07) is 14.6. The summed E-state index contributed by atoms with van der Waals surface area (Å²) in [6.07, 6.45) is 7.30. The molecular formula is C24H31N5O. The molecule has 1 amide bonds. The second kappa shape index (κ2) is 9.74. The third-order valence-electron chi connectivity index (χ3n) is 6.12. The number of likely N-dealkylation sites (tertiary alicyclic amines) is 1. The van der Waals surface area contributed by atoms with E-state index < -0.39 is 0 Å². The van der Waals surface area contributed by atoms with Crippen LogP contribution in [0.5, 0.6) is 0 Å². The number of carbonyl (C=O) groups excluding carboxylic acids is 1. The summed E-state index contributed by atoms with van der Waals surface area (Å²) in [4.78, 5) is 23.5. The van der Waals surface area contributed by atoms with Crippen molar-refractivity contribution in [2.24, 2.45) is 10.9 Å². The maximum Gasteiger partial charge on any atom is 0.225 e. The first-order chi connectivity index (χ1) is 14.7. The molecule has 2 N–H and O–H groups in total. The summed E-state index contributed by atoms with van der Waals surface area (Å²) in [6.45, 7) is 2.29. The Kier molecular flexibility index (Phi) is 6.62. The Labute approximate surface area is 178 Å². The third kappa shape index (κ3) is 4.99. The van der Waals surface area contributed by atoms with E-state index in [1.54, 1.807) is 7.05 Å². The van der Waals surface area contributed by atoms with Crippen LogP contribution < -0.4 is 10.6 Å². The van der Waals surface area contributed by atoms with Gasteiger partial charge in [0.2, 0.25) is 5.91 Å². The largest absolute Gasteiger partial charge is 0.352 e. The molecule has 1 aliphatic heterocycles. The molecule has 2 fully saturated rings. The summed E-state index contributed by atoms with van der Waals surface area (Å²) >= 11 is 0. The molecule has 1 unspecified atom stereocenters. The van der Waals surface area contributed by atoms with Gasteiger partial charge in [0, 0.05) is 50.4 Å². The zero-order chi connectivity index (χ0) is 20.8. The van der Waals surface area contributed by atoms with Crippen molar-refractivity contribution < 1.29 is 4.79 Å². The predicted molar refractivity (Wildman–Crippen MR) is 120 cm³/mol. The number of hydrogen-bond donors (Lipinski definition) is 2. The average molecular weight is 406 g/mol. The Morgan fingerprint density at radius 2 is 2.03 bits per heavy atom. The number of nitrogens with zero attached hydrogens (tertiary/aromatic N) is 3. The van der Waals surface area contributed by atoms with Crippen LogP contribution >= 0.6 is 0 Å². The Hall–Kier alpha value is -2.89. The summed E-state index contributed by atoms with van der Waals surface area (Å²) in [5.41, 5.74) is 3.25. The predicted octanol–water partition coefficient (Wildman–Crippen LogP) is 3.20. The van der Waals surface area contributed by atoms with Gasteiger partial charge < -0.3 is 15.5 Å². The SMILES string of the molecule is CN=C(NCc1cccc(-c2ccccn2)c1)NC1CCN(C(=O)C2CCCC2)C1. The smallest absolute Gasteiger partial charge is 0.225 e. The number of nitrogens with one attached hydrogen (secondary N) is 2. The topological polar surface area (TPSA) is 69.6 Å². The Morgan fingerprint density at radius 3 is 2.80 bits per heavy atom. The normalized spacial score (nSPS) is 19.8. The van der Waals surface area contributed by atoms with Crippen LogP contribution in [0.15, 0.2) is 53.7 Å². The summed E-state index contributed by atoms with van der Waals surface area (Å²) < 4.78 is 0. The van der Waals surface area contributed by atoms with Gasteiger partial charge in [0.25, 0.3) is 0 Å². The van der Waals surface area contributed by atoms with Crippen molar-refractivity contribution in [3.63, 3.8) is 0 Å². The molecule has 1 aromatic heterocycles. The molecule has 30 heavy (non-hydrogen) atoms. The molecule has 0 radical (unpaired) electrons. The zero-order valence-electron chi connectivity index (χ0n) is 17.7. The molecule has 1 aromatic carbocycles. The number of carbonyl (C=O) groups is 1. The average Bonchev–Trinajstić information content (AvgIpc) is 3.49. The van der Waals surface area contributed by atoms with E-state index in [9.17, 15) is 4.79 Å². The van der Waals surface area contributed by atoms with Crippen LogP contribution in [0.2, 0.25) is 0 Å². The minimum atomic E-state index is 0.251. The van der Waals surface area contributed by atoms with Gasteiger partial charge in [-0.1, -0.05) is 37.1 Å². The number of rotatable bonds is 5. The van der Waals surface area contributed by atoms with Gasteiger partial charge in [-0.05, 0) is 43.0 Å². The lowest BCUT2D eigenvalue weighted by Gasteiger charge is -2.21. The lowest BCUT2D eigenvalue weighted by Crippen LogP contribution is -2.45. The van der Waals surface area contributed by atoms with Crippen LogP contribution in [0, 0.1) is 5.92 Å². The second-order valence-corrected chi connectivity index (χ2v) is 8.24. The molecule has 4 rings (SSSR count). The molecule has 1 aliphatic carbocycles. The van der Waals surface area contributed by atoms with Crippen molar-refractivity contribution in [2.75, 3.05) is 20.1 Å². The van der Waals surface area contributed by atoms with E-state index in [0.29, 0.717) is 12.5 Å². The molecule has 0 bridgehead atoms. The highest BCUT2D eigenvalue weighted by atomic mass is 16.2. The van der Waals surface area contributed by atoms with Crippen molar-refractivity contribution in [3.8, 4) is 11.3 Å². The number of aliphatic imine (C=N–C) groups is 1. The fraction of sp³-hybridized carbons (Fsp3) is 0.458. The molecule has 1 saturated heterocycles. The van der Waals surface area contributed by atoms with Gasteiger partial charge in [-0.15, -0.1) is 0 Å². The molecule has 1 atom stereocenters. The van der Waals surface area contributed by atoms with Gasteiger partial charge in [-0.25, -0.2) is 0 Å². The number of guanidine groups is 1. The Bertz CT molecular complexity index is 876. The highest BCUT2D eigenvalue weighted by Crippen LogP contribution is 2.27. The first-order valence-corrected chi connectivity index (χ1v) is 11.0. The lowest BCUT2D eigenvalue weighted by molar-refractivity contribution is -0.134. The van der Waals surface area contributed by atoms with Crippen molar-refractivity contribution in [1.29, 1.82) is 0 Å². The third-order valence-corrected chi connectivity index (χ3v) is 6.12. The van der Waals surface area contributed by atoms with Gasteiger partial charge in [0.05, 0.1) is 5.69 Å². The number of hydrogen-bond acceptors (Lipinski definition) is 3. The summed E-state index contributed by atoms with van der Waals surface area (Å²) in [7, 11) is 1.79.